The predicted molar refractivity (Wildman–Crippen MR) is 373 cm³/mol. The van der Waals surface area contributed by atoms with Gasteiger partial charge in [-0.05, 0) is 72.8 Å². The number of benzene rings is 12. The van der Waals surface area contributed by atoms with Gasteiger partial charge in [0, 0.05) is 102 Å². The molecule has 0 saturated carbocycles. The summed E-state index contributed by atoms with van der Waals surface area (Å²) >= 11 is 9.74. The lowest BCUT2D eigenvalue weighted by Gasteiger charge is -2.11. The summed E-state index contributed by atoms with van der Waals surface area (Å²) < 4.78 is 7.74. The Balaban J connectivity index is 0.000000119. The third kappa shape index (κ3) is 10.1. The molecule has 0 aliphatic carbocycles. The van der Waals surface area contributed by atoms with Gasteiger partial charge in [-0.25, -0.2) is 29.9 Å². The van der Waals surface area contributed by atoms with E-state index in [9.17, 15) is 0 Å². The molecular formula is C78H49ClN8S2. The van der Waals surface area contributed by atoms with E-state index in [1.165, 1.54) is 84.0 Å². The van der Waals surface area contributed by atoms with Gasteiger partial charge in [0.25, 0.3) is 0 Å². The predicted octanol–water partition coefficient (Wildman–Crippen LogP) is 21.6. The van der Waals surface area contributed by atoms with Crippen LogP contribution in [0.4, 0.5) is 0 Å². The Hall–Kier alpha value is -11.0. The van der Waals surface area contributed by atoms with Crippen molar-refractivity contribution in [3.63, 3.8) is 0 Å². The topological polar surface area (TPSA) is 98.1 Å². The van der Waals surface area contributed by atoms with E-state index in [0.29, 0.717) is 40.0 Å². The molecule has 0 atom stereocenters. The Kier molecular flexibility index (Phi) is 13.8. The third-order valence-corrected chi connectivity index (χ3v) is 18.7. The van der Waals surface area contributed by atoms with Gasteiger partial charge in [-0.2, -0.15) is 0 Å². The van der Waals surface area contributed by atoms with Gasteiger partial charge in [0.15, 0.2) is 34.9 Å². The van der Waals surface area contributed by atoms with Crippen LogP contribution in [0.1, 0.15) is 0 Å². The number of hydrogen-bond acceptors (Lipinski definition) is 8. The Morgan fingerprint density at radius 3 is 1.13 bits per heavy atom. The minimum absolute atomic E-state index is 0.629. The maximum Gasteiger partial charge on any atom is 0.164 e. The largest absolute Gasteiger partial charge is 0.353 e. The van der Waals surface area contributed by atoms with Gasteiger partial charge in [0.05, 0.1) is 25.9 Å². The quantitative estimate of drug-likeness (QED) is 0.171. The fourth-order valence-corrected chi connectivity index (χ4v) is 14.4. The molecule has 89 heavy (non-hydrogen) atoms. The first kappa shape index (κ1) is 53.5. The summed E-state index contributed by atoms with van der Waals surface area (Å²) in [4.78, 5) is 32.3. The molecule has 12 aromatic carbocycles. The van der Waals surface area contributed by atoms with Crippen LogP contribution in [0.25, 0.3) is 158 Å². The van der Waals surface area contributed by atoms with Crippen molar-refractivity contribution in [2.24, 2.45) is 0 Å². The molecule has 11 heteroatoms. The number of thiophene rings is 2. The SMILES string of the molecule is Clc1ccc(-c2nc(-c3ccccc3)nc(-c3ccccc3)n2)cc1.c1ccc(-c2nc(-c3ccccc3)nc(-c3ccc(-n4c5ccccc5c5ccc6c7ccccc7sc6c54)cc3)n2)cc1.c1ccc2c(c1)[nH]c1c2ccc2c3ccccc3sc21. The molecule has 0 unspecified atom stereocenters. The van der Waals surface area contributed by atoms with Crippen LogP contribution in [0.15, 0.2) is 291 Å². The average Bonchev–Trinajstić information content (AvgIpc) is 1.62. The monoisotopic (exact) mass is 1200 g/mol. The van der Waals surface area contributed by atoms with Gasteiger partial charge in [-0.1, -0.05) is 230 Å². The molecule has 0 bridgehead atoms. The van der Waals surface area contributed by atoms with Crippen LogP contribution in [0, 0.1) is 0 Å². The molecule has 0 spiro atoms. The minimum Gasteiger partial charge on any atom is -0.353 e. The van der Waals surface area contributed by atoms with Gasteiger partial charge in [-0.15, -0.1) is 22.7 Å². The van der Waals surface area contributed by atoms with Crippen molar-refractivity contribution in [1.29, 1.82) is 0 Å². The number of fused-ring (bicyclic) bond motifs is 14. The zero-order chi connectivity index (χ0) is 59.2. The summed E-state index contributed by atoms with van der Waals surface area (Å²) in [6.45, 7) is 0. The lowest BCUT2D eigenvalue weighted by Crippen LogP contribution is -2.00. The zero-order valence-electron chi connectivity index (χ0n) is 47.5. The molecular weight excluding hydrogens is 1150 g/mol. The van der Waals surface area contributed by atoms with Crippen molar-refractivity contribution in [2.75, 3.05) is 0 Å². The van der Waals surface area contributed by atoms with Gasteiger partial charge in [0.2, 0.25) is 0 Å². The first-order chi connectivity index (χ1) is 44.0. The van der Waals surface area contributed by atoms with Gasteiger partial charge in [0.1, 0.15) is 0 Å². The van der Waals surface area contributed by atoms with Crippen LogP contribution < -0.4 is 0 Å². The molecule has 18 aromatic rings. The second kappa shape index (κ2) is 23.0. The molecule has 8 nitrogen and oxygen atoms in total. The molecule has 18 rings (SSSR count). The number of nitrogens with zero attached hydrogens (tertiary/aromatic N) is 7. The van der Waals surface area contributed by atoms with Crippen molar-refractivity contribution in [3.8, 4) is 74.0 Å². The Labute approximate surface area is 524 Å². The molecule has 0 aliphatic heterocycles. The first-order valence-electron chi connectivity index (χ1n) is 29.3. The number of aromatic nitrogens is 8. The van der Waals surface area contributed by atoms with Crippen molar-refractivity contribution in [3.05, 3.63) is 296 Å². The Morgan fingerprint density at radius 1 is 0.281 bits per heavy atom. The van der Waals surface area contributed by atoms with E-state index in [1.54, 1.807) is 0 Å². The van der Waals surface area contributed by atoms with E-state index >= 15 is 0 Å². The van der Waals surface area contributed by atoms with Gasteiger partial charge < -0.3 is 9.55 Å². The highest BCUT2D eigenvalue weighted by Gasteiger charge is 2.20. The van der Waals surface area contributed by atoms with E-state index in [1.807, 2.05) is 168 Å². The van der Waals surface area contributed by atoms with E-state index in [0.717, 1.165) is 39.1 Å². The van der Waals surface area contributed by atoms with E-state index in [2.05, 4.69) is 170 Å². The highest BCUT2D eigenvalue weighted by molar-refractivity contribution is 7.27. The van der Waals surface area contributed by atoms with Gasteiger partial charge >= 0.3 is 0 Å². The number of H-pyrrole nitrogens is 1. The Morgan fingerprint density at radius 2 is 0.640 bits per heavy atom. The molecule has 0 amide bonds. The van der Waals surface area contributed by atoms with Crippen LogP contribution in [0.3, 0.4) is 0 Å². The summed E-state index contributed by atoms with van der Waals surface area (Å²) in [5.74, 6) is 3.91. The molecule has 0 radical (unpaired) electrons. The first-order valence-corrected chi connectivity index (χ1v) is 31.3. The molecule has 6 heterocycles. The average molecular weight is 1200 g/mol. The number of aromatic amines is 1. The van der Waals surface area contributed by atoms with Crippen LogP contribution in [-0.4, -0.2) is 39.5 Å². The van der Waals surface area contributed by atoms with Crippen LogP contribution in [0.2, 0.25) is 5.02 Å². The normalized spacial score (nSPS) is 11.4. The second-order valence-corrected chi connectivity index (χ2v) is 24.1. The maximum absolute atomic E-state index is 6.00. The number of halogens is 1. The molecule has 420 valence electrons. The minimum atomic E-state index is 0.629. The number of rotatable bonds is 7. The highest BCUT2D eigenvalue weighted by Crippen LogP contribution is 2.44. The summed E-state index contributed by atoms with van der Waals surface area (Å²) in [7, 11) is 0. The van der Waals surface area contributed by atoms with Crippen LogP contribution >= 0.6 is 34.3 Å². The summed E-state index contributed by atoms with van der Waals surface area (Å²) in [5.41, 5.74) is 11.7. The van der Waals surface area contributed by atoms with Crippen molar-refractivity contribution >= 4 is 118 Å². The highest BCUT2D eigenvalue weighted by atomic mass is 35.5. The number of nitrogens with one attached hydrogen (secondary N) is 1. The van der Waals surface area contributed by atoms with Crippen molar-refractivity contribution < 1.29 is 0 Å². The molecule has 0 fully saturated rings. The molecule has 6 aromatic heterocycles. The maximum atomic E-state index is 6.00. The fraction of sp³-hybridized carbons (Fsp3) is 0. The number of hydrogen-bond donors (Lipinski definition) is 1. The second-order valence-electron chi connectivity index (χ2n) is 21.6. The standard InChI is InChI=1S/C39H24N4S.C21H14ClN3.C18H11NS/c1-3-11-25(12-4-1)37-40-38(26-13-5-2-6-14-26)42-39(41-37)27-19-21-28(22-20-27)43-33-17-9-7-15-29(33)31-23-24-32-30-16-8-10-18-34(30)44-36(32)35(31)43;22-18-13-11-17(12-14-18)21-24-19(15-7-3-1-4-8-15)23-20(25-21)16-9-5-2-6-10-16;1-3-7-15-11(5-1)13-9-10-14-12-6-2-4-8-16(12)20-18(14)17(13)19-15/h1-24H;1-14H;1-10,19H. The lowest BCUT2D eigenvalue weighted by atomic mass is 10.1. The number of para-hydroxylation sites is 2. The van der Waals surface area contributed by atoms with E-state index in [-0.39, 0.29) is 0 Å². The smallest absolute Gasteiger partial charge is 0.164 e. The van der Waals surface area contributed by atoms with Gasteiger partial charge in [-0.3, -0.25) is 0 Å². The fourth-order valence-electron chi connectivity index (χ4n) is 11.8. The van der Waals surface area contributed by atoms with Crippen LogP contribution in [0.5, 0.6) is 0 Å². The molecule has 0 aliphatic rings. The van der Waals surface area contributed by atoms with E-state index < -0.39 is 0 Å². The summed E-state index contributed by atoms with van der Waals surface area (Å²) in [6.07, 6.45) is 0. The Bertz CT molecular complexity index is 5410. The zero-order valence-corrected chi connectivity index (χ0v) is 49.9. The summed E-state index contributed by atoms with van der Waals surface area (Å²) in [5, 5.41) is 11.1. The lowest BCUT2D eigenvalue weighted by molar-refractivity contribution is 1.07. The van der Waals surface area contributed by atoms with Crippen LogP contribution in [-0.2, 0) is 0 Å². The van der Waals surface area contributed by atoms with E-state index in [4.69, 9.17) is 26.6 Å². The molecule has 1 N–H and O–H groups in total. The third-order valence-electron chi connectivity index (χ3n) is 16.1. The molecule has 0 saturated heterocycles. The van der Waals surface area contributed by atoms with Crippen molar-refractivity contribution in [2.45, 2.75) is 0 Å². The summed E-state index contributed by atoms with van der Waals surface area (Å²) in [6, 6.07) is 99.8. The van der Waals surface area contributed by atoms with Crippen molar-refractivity contribution in [1.82, 2.24) is 39.5 Å².